The highest BCUT2D eigenvalue weighted by molar-refractivity contribution is 6.14. The summed E-state index contributed by atoms with van der Waals surface area (Å²) in [6.45, 7) is 0. The normalized spacial score (nSPS) is 10.9. The van der Waals surface area contributed by atoms with Gasteiger partial charge in [-0.05, 0) is 35.4 Å². The first-order chi connectivity index (χ1) is 11.7. The standard InChI is InChI=1S/C18H16N2O4/c1-23-17-11-13(3-5-15(17)19-7-9-21)14-4-6-16(20-8-10-22)18(12-14)24-2/h3-12H,1-2H3. The molecule has 6 nitrogen and oxygen atoms in total. The molecule has 0 radical (unpaired) electrons. The van der Waals surface area contributed by atoms with Crippen LogP contribution in [0.25, 0.3) is 11.1 Å². The molecular formula is C18H16N2O4. The predicted molar refractivity (Wildman–Crippen MR) is 93.4 cm³/mol. The van der Waals surface area contributed by atoms with Gasteiger partial charge in [0.05, 0.1) is 26.6 Å². The minimum Gasteiger partial charge on any atom is -0.494 e. The minimum atomic E-state index is 0.549. The number of aliphatic imine (C=N–C) groups is 2. The van der Waals surface area contributed by atoms with E-state index in [0.717, 1.165) is 11.1 Å². The van der Waals surface area contributed by atoms with Crippen molar-refractivity contribution in [2.45, 2.75) is 0 Å². The summed E-state index contributed by atoms with van der Waals surface area (Å²) < 4.78 is 10.6. The Morgan fingerprint density at radius 3 is 1.50 bits per heavy atom. The van der Waals surface area contributed by atoms with E-state index in [0.29, 0.717) is 35.4 Å². The Kier molecular flexibility index (Phi) is 5.96. The highest BCUT2D eigenvalue weighted by Gasteiger charge is 2.08. The van der Waals surface area contributed by atoms with E-state index in [1.165, 1.54) is 26.6 Å². The Morgan fingerprint density at radius 2 is 1.17 bits per heavy atom. The third kappa shape index (κ3) is 3.92. The number of hydrogen-bond acceptors (Lipinski definition) is 6. The zero-order valence-electron chi connectivity index (χ0n) is 13.3. The van der Waals surface area contributed by atoms with Gasteiger partial charge in [0.25, 0.3) is 0 Å². The SMILES string of the molecule is COc1cc(-c2ccc(N=CC=O)c(OC)c2)ccc1N=CC=O. The van der Waals surface area contributed by atoms with E-state index in [9.17, 15) is 9.59 Å². The van der Waals surface area contributed by atoms with Crippen molar-refractivity contribution in [1.82, 2.24) is 0 Å². The quantitative estimate of drug-likeness (QED) is 0.579. The van der Waals surface area contributed by atoms with E-state index < -0.39 is 0 Å². The number of hydrogen-bond donors (Lipinski definition) is 0. The van der Waals surface area contributed by atoms with Crippen molar-refractivity contribution in [1.29, 1.82) is 0 Å². The molecular weight excluding hydrogens is 308 g/mol. The van der Waals surface area contributed by atoms with Gasteiger partial charge < -0.3 is 9.47 Å². The van der Waals surface area contributed by atoms with Crippen LogP contribution in [0.3, 0.4) is 0 Å². The molecule has 0 N–H and O–H groups in total. The van der Waals surface area contributed by atoms with Gasteiger partial charge in [-0.25, -0.2) is 9.98 Å². The van der Waals surface area contributed by atoms with Gasteiger partial charge in [-0.2, -0.15) is 0 Å². The Hall–Kier alpha value is -3.28. The predicted octanol–water partition coefficient (Wildman–Crippen LogP) is 3.17. The average molecular weight is 324 g/mol. The maximum atomic E-state index is 10.4. The molecule has 0 atom stereocenters. The van der Waals surface area contributed by atoms with Crippen molar-refractivity contribution < 1.29 is 19.1 Å². The second kappa shape index (κ2) is 8.38. The summed E-state index contributed by atoms with van der Waals surface area (Å²) in [6, 6.07) is 10.9. The van der Waals surface area contributed by atoms with Crippen LogP contribution in [-0.4, -0.2) is 39.2 Å². The molecule has 2 aromatic rings. The van der Waals surface area contributed by atoms with Crippen LogP contribution in [0.5, 0.6) is 11.5 Å². The molecule has 0 amide bonds. The molecule has 0 heterocycles. The maximum absolute atomic E-state index is 10.4. The van der Waals surface area contributed by atoms with Crippen molar-refractivity contribution in [2.24, 2.45) is 9.98 Å². The van der Waals surface area contributed by atoms with E-state index in [-0.39, 0.29) is 0 Å². The highest BCUT2D eigenvalue weighted by atomic mass is 16.5. The third-order valence-corrected chi connectivity index (χ3v) is 3.24. The van der Waals surface area contributed by atoms with Crippen LogP contribution in [0, 0.1) is 0 Å². The molecule has 0 spiro atoms. The van der Waals surface area contributed by atoms with E-state index in [4.69, 9.17) is 9.47 Å². The summed E-state index contributed by atoms with van der Waals surface area (Å²) in [6.07, 6.45) is 3.55. The van der Waals surface area contributed by atoms with Crippen LogP contribution >= 0.6 is 0 Å². The topological polar surface area (TPSA) is 77.3 Å². The van der Waals surface area contributed by atoms with Crippen molar-refractivity contribution >= 4 is 36.4 Å². The molecule has 0 aliphatic heterocycles. The van der Waals surface area contributed by atoms with Crippen LogP contribution in [0.15, 0.2) is 46.4 Å². The van der Waals surface area contributed by atoms with E-state index in [1.807, 2.05) is 24.3 Å². The van der Waals surface area contributed by atoms with Crippen molar-refractivity contribution in [2.75, 3.05) is 14.2 Å². The van der Waals surface area contributed by atoms with Crippen molar-refractivity contribution in [3.63, 3.8) is 0 Å². The lowest BCUT2D eigenvalue weighted by Gasteiger charge is -2.10. The molecule has 0 bridgehead atoms. The molecule has 0 unspecified atom stereocenters. The lowest BCUT2D eigenvalue weighted by molar-refractivity contribution is -0.103. The van der Waals surface area contributed by atoms with E-state index in [2.05, 4.69) is 9.98 Å². The maximum Gasteiger partial charge on any atom is 0.161 e. The molecule has 0 saturated heterocycles. The fourth-order valence-electron chi connectivity index (χ4n) is 2.15. The number of benzene rings is 2. The van der Waals surface area contributed by atoms with Gasteiger partial charge in [0, 0.05) is 0 Å². The fourth-order valence-corrected chi connectivity index (χ4v) is 2.15. The summed E-state index contributed by atoms with van der Waals surface area (Å²) in [7, 11) is 3.08. The molecule has 0 saturated carbocycles. The second-order valence-electron chi connectivity index (χ2n) is 4.60. The number of ether oxygens (including phenoxy) is 2. The van der Waals surface area contributed by atoms with E-state index >= 15 is 0 Å². The first-order valence-corrected chi connectivity index (χ1v) is 7.05. The summed E-state index contributed by atoms with van der Waals surface area (Å²) in [4.78, 5) is 28.8. The molecule has 2 aromatic carbocycles. The minimum absolute atomic E-state index is 0.549. The number of carbonyl (C=O) groups excluding carboxylic acids is 2. The Morgan fingerprint density at radius 1 is 0.750 bits per heavy atom. The van der Waals surface area contributed by atoms with Crippen LogP contribution in [0.1, 0.15) is 0 Å². The summed E-state index contributed by atoms with van der Waals surface area (Å²) in [5.74, 6) is 1.10. The number of carbonyl (C=O) groups is 2. The van der Waals surface area contributed by atoms with Gasteiger partial charge >= 0.3 is 0 Å². The lowest BCUT2D eigenvalue weighted by atomic mass is 10.0. The van der Waals surface area contributed by atoms with E-state index in [1.54, 1.807) is 12.1 Å². The molecule has 24 heavy (non-hydrogen) atoms. The molecule has 122 valence electrons. The average Bonchev–Trinajstić information content (AvgIpc) is 2.64. The van der Waals surface area contributed by atoms with Crippen LogP contribution in [-0.2, 0) is 9.59 Å². The van der Waals surface area contributed by atoms with Gasteiger partial charge in [-0.1, -0.05) is 12.1 Å². The molecule has 0 fully saturated rings. The van der Waals surface area contributed by atoms with Crippen LogP contribution < -0.4 is 9.47 Å². The smallest absolute Gasteiger partial charge is 0.161 e. The van der Waals surface area contributed by atoms with Crippen LogP contribution in [0.2, 0.25) is 0 Å². The number of rotatable bonds is 7. The summed E-state index contributed by atoms with van der Waals surface area (Å²) >= 11 is 0. The third-order valence-electron chi connectivity index (χ3n) is 3.24. The monoisotopic (exact) mass is 324 g/mol. The molecule has 0 aromatic heterocycles. The fraction of sp³-hybridized carbons (Fsp3) is 0.111. The number of nitrogens with zero attached hydrogens (tertiary/aromatic N) is 2. The number of aldehydes is 2. The summed E-state index contributed by atoms with van der Waals surface area (Å²) in [5, 5.41) is 0. The Bertz CT molecular complexity index is 730. The zero-order chi connectivity index (χ0) is 17.4. The molecule has 6 heteroatoms. The summed E-state index contributed by atoms with van der Waals surface area (Å²) in [5.41, 5.74) is 2.90. The van der Waals surface area contributed by atoms with Gasteiger partial charge in [0.2, 0.25) is 0 Å². The highest BCUT2D eigenvalue weighted by Crippen LogP contribution is 2.36. The lowest BCUT2D eigenvalue weighted by Crippen LogP contribution is -1.88. The van der Waals surface area contributed by atoms with Gasteiger partial charge in [0.1, 0.15) is 22.9 Å². The second-order valence-corrected chi connectivity index (χ2v) is 4.60. The Balaban J connectivity index is 2.44. The number of methoxy groups -OCH3 is 2. The largest absolute Gasteiger partial charge is 0.494 e. The van der Waals surface area contributed by atoms with Crippen LogP contribution in [0.4, 0.5) is 11.4 Å². The molecule has 0 aliphatic carbocycles. The first-order valence-electron chi connectivity index (χ1n) is 7.05. The molecule has 2 rings (SSSR count). The molecule has 0 aliphatic rings. The Labute approximate surface area is 139 Å². The first kappa shape index (κ1) is 17.1. The van der Waals surface area contributed by atoms with Crippen molar-refractivity contribution in [3.05, 3.63) is 36.4 Å². The van der Waals surface area contributed by atoms with Crippen molar-refractivity contribution in [3.8, 4) is 22.6 Å². The zero-order valence-corrected chi connectivity index (χ0v) is 13.3. The van der Waals surface area contributed by atoms with Gasteiger partial charge in [-0.3, -0.25) is 9.59 Å². The van der Waals surface area contributed by atoms with Gasteiger partial charge in [-0.15, -0.1) is 0 Å². The van der Waals surface area contributed by atoms with Gasteiger partial charge in [0.15, 0.2) is 12.6 Å².